The van der Waals surface area contributed by atoms with E-state index in [-0.39, 0.29) is 5.92 Å². The van der Waals surface area contributed by atoms with E-state index >= 15 is 0 Å². The summed E-state index contributed by atoms with van der Waals surface area (Å²) in [5.41, 5.74) is 21.4. The molecule has 0 fully saturated rings. The minimum Gasteiger partial charge on any atom is -0.193 e. The molecule has 9 rings (SSSR count). The van der Waals surface area contributed by atoms with Crippen molar-refractivity contribution in [2.45, 2.75) is 46.0 Å². The third-order valence-electron chi connectivity index (χ3n) is 11.2. The molecule has 252 valence electrons. The molecule has 0 saturated heterocycles. The van der Waals surface area contributed by atoms with Crippen molar-refractivity contribution in [1.82, 2.24) is 10.2 Å². The van der Waals surface area contributed by atoms with Crippen molar-refractivity contribution in [3.05, 3.63) is 196 Å². The summed E-state index contributed by atoms with van der Waals surface area (Å²) in [6, 6.07) is 53.7. The van der Waals surface area contributed by atoms with Crippen LogP contribution < -0.4 is 0 Å². The molecule has 0 amide bonds. The predicted octanol–water partition coefficient (Wildman–Crippen LogP) is 11.2. The zero-order valence-electron chi connectivity index (χ0n) is 30.1. The number of aromatic nitrogens is 2. The quantitative estimate of drug-likeness (QED) is 0.158. The molecule has 0 saturated carbocycles. The molecule has 2 aliphatic rings. The van der Waals surface area contributed by atoms with Gasteiger partial charge in [-0.05, 0) is 101 Å². The van der Waals surface area contributed by atoms with Gasteiger partial charge in [0, 0.05) is 24.3 Å². The van der Waals surface area contributed by atoms with Crippen molar-refractivity contribution in [2.75, 3.05) is 6.54 Å². The van der Waals surface area contributed by atoms with Gasteiger partial charge in [-0.25, -0.2) is 0 Å². The van der Waals surface area contributed by atoms with Crippen LogP contribution in [0.5, 0.6) is 0 Å². The zero-order chi connectivity index (χ0) is 35.2. The lowest BCUT2D eigenvalue weighted by Crippen LogP contribution is -2.29. The van der Waals surface area contributed by atoms with E-state index in [2.05, 4.69) is 171 Å². The number of aryl methyl sites for hydroxylation is 4. The van der Waals surface area contributed by atoms with Gasteiger partial charge in [-0.3, -0.25) is 0 Å². The molecule has 3 nitrogen and oxygen atoms in total. The van der Waals surface area contributed by atoms with Crippen molar-refractivity contribution in [3.63, 3.8) is 0 Å². The van der Waals surface area contributed by atoms with Crippen LogP contribution in [0, 0.1) is 20.8 Å². The number of nitrogens with zero attached hydrogens (tertiary/aromatic N) is 3. The number of rotatable bonds is 7. The second-order valence-electron chi connectivity index (χ2n) is 14.4. The summed E-state index contributed by atoms with van der Waals surface area (Å²) in [5.74, 6) is -0.00274. The van der Waals surface area contributed by atoms with Gasteiger partial charge in [0.25, 0.3) is 0 Å². The molecule has 6 aromatic carbocycles. The topological polar surface area (TPSA) is 28.8 Å². The third kappa shape index (κ3) is 5.67. The Morgan fingerprint density at radius 2 is 1.12 bits per heavy atom. The van der Waals surface area contributed by atoms with Crippen molar-refractivity contribution in [2.24, 2.45) is 0 Å². The Labute approximate surface area is 307 Å². The molecule has 0 N–H and O–H groups in total. The van der Waals surface area contributed by atoms with Crippen LogP contribution in [0.2, 0.25) is 0 Å². The van der Waals surface area contributed by atoms with Crippen LogP contribution >= 0.6 is 0 Å². The number of hydrogen-bond donors (Lipinski definition) is 0. The highest BCUT2D eigenvalue weighted by molar-refractivity contribution is 6.00. The van der Waals surface area contributed by atoms with Crippen molar-refractivity contribution >= 4 is 11.4 Å². The van der Waals surface area contributed by atoms with Crippen LogP contribution in [0.1, 0.15) is 62.7 Å². The van der Waals surface area contributed by atoms with Crippen molar-refractivity contribution in [1.29, 1.82) is 0 Å². The summed E-state index contributed by atoms with van der Waals surface area (Å²) < 4.78 is 2.61. The summed E-state index contributed by atoms with van der Waals surface area (Å²) in [7, 11) is 0. The number of fused-ring (bicyclic) bond motifs is 4. The van der Waals surface area contributed by atoms with Crippen LogP contribution in [0.15, 0.2) is 146 Å². The van der Waals surface area contributed by atoms with Crippen LogP contribution in [0.4, 0.5) is 5.69 Å². The largest absolute Gasteiger partial charge is 0.234 e. The second-order valence-corrected chi connectivity index (χ2v) is 14.4. The maximum atomic E-state index is 4.87. The first-order valence-corrected chi connectivity index (χ1v) is 18.5. The second kappa shape index (κ2) is 13.3. The molecule has 0 bridgehead atoms. The lowest BCUT2D eigenvalue weighted by molar-refractivity contribution is -0.444. The highest BCUT2D eigenvalue weighted by atomic mass is 15.1. The monoisotopic (exact) mass is 672 g/mol. The average Bonchev–Trinajstić information content (AvgIpc) is 3.51. The van der Waals surface area contributed by atoms with E-state index in [1.807, 2.05) is 0 Å². The van der Waals surface area contributed by atoms with E-state index < -0.39 is 0 Å². The van der Waals surface area contributed by atoms with Crippen molar-refractivity contribution < 1.29 is 4.58 Å². The normalized spacial score (nSPS) is 13.5. The van der Waals surface area contributed by atoms with Gasteiger partial charge in [0.15, 0.2) is 12.3 Å². The Hall–Kier alpha value is -5.93. The third-order valence-corrected chi connectivity index (χ3v) is 11.2. The highest BCUT2D eigenvalue weighted by Gasteiger charge is 2.39. The maximum absolute atomic E-state index is 4.87. The predicted molar refractivity (Wildman–Crippen MR) is 214 cm³/mol. The highest BCUT2D eigenvalue weighted by Crippen LogP contribution is 2.53. The van der Waals surface area contributed by atoms with Crippen LogP contribution in [-0.2, 0) is 12.8 Å². The summed E-state index contributed by atoms with van der Waals surface area (Å²) in [6.45, 7) is 7.38. The van der Waals surface area contributed by atoms with E-state index in [0.29, 0.717) is 0 Å². The molecular formula is C49H42N3+. The molecule has 1 aliphatic heterocycles. The Bertz CT molecular complexity index is 2390. The van der Waals surface area contributed by atoms with Gasteiger partial charge in [-0.1, -0.05) is 133 Å². The Kier molecular flexibility index (Phi) is 8.20. The van der Waals surface area contributed by atoms with Gasteiger partial charge < -0.3 is 0 Å². The van der Waals surface area contributed by atoms with E-state index in [1.54, 1.807) is 0 Å². The van der Waals surface area contributed by atoms with Gasteiger partial charge in [0.1, 0.15) is 5.69 Å². The first-order chi connectivity index (χ1) is 25.5. The zero-order valence-corrected chi connectivity index (χ0v) is 30.1. The fraction of sp³-hybridized carbons (Fsp3) is 0.163. The first-order valence-electron chi connectivity index (χ1n) is 18.5. The Morgan fingerprint density at radius 3 is 1.75 bits per heavy atom. The Morgan fingerprint density at radius 1 is 0.538 bits per heavy atom. The summed E-state index contributed by atoms with van der Waals surface area (Å²) in [6.07, 6.45) is 2.90. The van der Waals surface area contributed by atoms with Crippen LogP contribution in [0.3, 0.4) is 0 Å². The van der Waals surface area contributed by atoms with E-state index in [4.69, 9.17) is 10.2 Å². The molecule has 3 heteroatoms. The minimum absolute atomic E-state index is 0.00274. The van der Waals surface area contributed by atoms with Crippen LogP contribution in [-0.4, -0.2) is 27.0 Å². The molecule has 0 unspecified atom stereocenters. The standard InChI is InChI=1S/C49H42N3/c1-32-18-20-35(21-19-32)22-27-46-41-17-11-10-16-38(41)28-29-52(46)49-34(3)51-50-33(2)47(49)48-44-30-39(36-12-6-4-7-13-36)23-25-42(44)43-26-24-40(31-45(43)48)37-14-8-5-9-15-37/h4-21,23-26,30-31,48H,22,27-29H2,1-3H3/q+1. The van der Waals surface area contributed by atoms with Gasteiger partial charge in [-0.15, -0.1) is 5.10 Å². The smallest absolute Gasteiger partial charge is 0.193 e. The first kappa shape index (κ1) is 32.0. The summed E-state index contributed by atoms with van der Waals surface area (Å²) in [4.78, 5) is 0. The fourth-order valence-electron chi connectivity index (χ4n) is 8.56. The van der Waals surface area contributed by atoms with E-state index in [9.17, 15) is 0 Å². The van der Waals surface area contributed by atoms with Gasteiger partial charge >= 0.3 is 0 Å². The minimum atomic E-state index is -0.00274. The molecule has 1 aliphatic carbocycles. The molecule has 0 radical (unpaired) electrons. The molecule has 0 atom stereocenters. The fourth-order valence-corrected chi connectivity index (χ4v) is 8.56. The lowest BCUT2D eigenvalue weighted by Gasteiger charge is -2.24. The molecular weight excluding hydrogens is 631 g/mol. The van der Waals surface area contributed by atoms with Crippen LogP contribution in [0.25, 0.3) is 33.4 Å². The lowest BCUT2D eigenvalue weighted by atomic mass is 9.84. The SMILES string of the molecule is Cc1ccc(CCC2=[N+](c3c(C)nnc(C)c3C3c4cc(-c5ccccc5)ccc4-c4ccc(-c5ccccc5)cc43)CCc3ccccc32)cc1. The number of hydrogen-bond acceptors (Lipinski definition) is 2. The van der Waals surface area contributed by atoms with Gasteiger partial charge in [0.2, 0.25) is 5.69 Å². The molecule has 2 heterocycles. The van der Waals surface area contributed by atoms with Gasteiger partial charge in [0.05, 0.1) is 11.3 Å². The van der Waals surface area contributed by atoms with E-state index in [0.717, 1.165) is 37.2 Å². The number of benzene rings is 6. The molecule has 1 aromatic heterocycles. The summed E-state index contributed by atoms with van der Waals surface area (Å²) in [5, 5.41) is 9.71. The van der Waals surface area contributed by atoms with Gasteiger partial charge in [-0.2, -0.15) is 9.67 Å². The molecule has 0 spiro atoms. The molecule has 52 heavy (non-hydrogen) atoms. The van der Waals surface area contributed by atoms with Crippen molar-refractivity contribution in [3.8, 4) is 33.4 Å². The maximum Gasteiger partial charge on any atom is 0.234 e. The molecule has 7 aromatic rings. The Balaban J connectivity index is 1.28. The van der Waals surface area contributed by atoms with E-state index in [1.165, 1.54) is 83.7 Å². The average molecular weight is 673 g/mol. The summed E-state index contributed by atoms with van der Waals surface area (Å²) >= 11 is 0.